The molecule has 0 aliphatic carbocycles. The molecule has 0 unspecified atom stereocenters. The van der Waals surface area contributed by atoms with E-state index >= 15 is 0 Å². The molecule has 1 heterocycles. The predicted molar refractivity (Wildman–Crippen MR) is 67.1 cm³/mol. The van der Waals surface area contributed by atoms with E-state index in [4.69, 9.17) is 13.6 Å². The van der Waals surface area contributed by atoms with Gasteiger partial charge in [0.25, 0.3) is 0 Å². The summed E-state index contributed by atoms with van der Waals surface area (Å²) >= 11 is 0. The summed E-state index contributed by atoms with van der Waals surface area (Å²) in [7, 11) is -3.72. The monoisotopic (exact) mass is 321 g/mol. The van der Waals surface area contributed by atoms with Crippen molar-refractivity contribution in [2.45, 2.75) is 0 Å². The summed E-state index contributed by atoms with van der Waals surface area (Å²) in [6, 6.07) is 0. The van der Waals surface area contributed by atoms with Crippen LogP contribution in [0, 0.1) is 0 Å². The highest BCUT2D eigenvalue weighted by Crippen LogP contribution is 2.84. The average Bonchev–Trinajstić information content (AvgIpc) is 2.40. The Kier molecular flexibility index (Phi) is 4.67. The lowest BCUT2D eigenvalue weighted by Crippen LogP contribution is -2.38. The normalized spacial score (nSPS) is 44.3. The summed E-state index contributed by atoms with van der Waals surface area (Å²) in [5.41, 5.74) is 0. The summed E-state index contributed by atoms with van der Waals surface area (Å²) < 4.78 is 55.6. The maximum absolute atomic E-state index is 12.7. The molecule has 1 aliphatic rings. The van der Waals surface area contributed by atoms with E-state index in [1.165, 1.54) is 42.5 Å². The van der Waals surface area contributed by atoms with Crippen molar-refractivity contribution in [2.24, 2.45) is 0 Å². The maximum atomic E-state index is 12.7. The van der Waals surface area contributed by atoms with Crippen molar-refractivity contribution >= 4 is 23.0 Å². The van der Waals surface area contributed by atoms with E-state index in [1.54, 1.807) is 0 Å². The minimum atomic E-state index is -3.74. The van der Waals surface area contributed by atoms with Crippen molar-refractivity contribution in [3.63, 3.8) is 0 Å². The summed E-state index contributed by atoms with van der Waals surface area (Å²) in [5, 5.41) is 0. The molecule has 0 aromatic carbocycles. The molecule has 0 N–H and O–H groups in total. The van der Waals surface area contributed by atoms with Gasteiger partial charge in [-0.25, -0.2) is 0 Å². The Morgan fingerprint density at radius 3 is 0.889 bits per heavy atom. The third kappa shape index (κ3) is 1.90. The van der Waals surface area contributed by atoms with Gasteiger partial charge in [0.05, 0.1) is 0 Å². The molecule has 0 saturated carbocycles. The molecule has 0 amide bonds. The fourth-order valence-corrected chi connectivity index (χ4v) is 11.7. The number of rotatable bonds is 3. The van der Waals surface area contributed by atoms with Gasteiger partial charge in [0.1, 0.15) is 0 Å². The fourth-order valence-electron chi connectivity index (χ4n) is 1.70. The van der Waals surface area contributed by atoms with E-state index < -0.39 is 23.0 Å². The Morgan fingerprint density at radius 2 is 0.778 bits per heavy atom. The quantitative estimate of drug-likeness (QED) is 0.724. The largest absolute Gasteiger partial charge is 0.362 e. The zero-order chi connectivity index (χ0) is 14.4. The standard InChI is InChI=1S/C6H18N3O6P3/c1-7-16(10,13-4)8(2)18(12,15-6)9(3)17(7,11)14-5/h1-6H3. The topological polar surface area (TPSA) is 88.6 Å². The van der Waals surface area contributed by atoms with E-state index in [2.05, 4.69) is 0 Å². The molecule has 12 heteroatoms. The van der Waals surface area contributed by atoms with Crippen LogP contribution in [0.5, 0.6) is 0 Å². The minimum Gasteiger partial charge on any atom is -0.309 e. The third-order valence-electron chi connectivity index (χ3n) is 2.91. The highest BCUT2D eigenvalue weighted by Gasteiger charge is 2.63. The molecule has 0 aromatic rings. The molecule has 108 valence electrons. The molecule has 0 aromatic heterocycles. The SMILES string of the molecule is COP1(=O)N(C)P(=O)(OC)N(C)P(=O)(OC)N1C. The van der Waals surface area contributed by atoms with Crippen LogP contribution in [0.1, 0.15) is 0 Å². The molecule has 0 spiro atoms. The summed E-state index contributed by atoms with van der Waals surface area (Å²) in [4.78, 5) is 0. The van der Waals surface area contributed by atoms with E-state index in [0.29, 0.717) is 0 Å². The van der Waals surface area contributed by atoms with E-state index in [1.807, 2.05) is 0 Å². The second-order valence-corrected chi connectivity index (χ2v) is 12.1. The van der Waals surface area contributed by atoms with Gasteiger partial charge in [0.15, 0.2) is 0 Å². The van der Waals surface area contributed by atoms with Crippen LogP contribution in [0.4, 0.5) is 0 Å². The van der Waals surface area contributed by atoms with E-state index in [9.17, 15) is 13.7 Å². The molecular weight excluding hydrogens is 303 g/mol. The third-order valence-corrected chi connectivity index (χ3v) is 12.8. The van der Waals surface area contributed by atoms with Crippen molar-refractivity contribution in [1.29, 1.82) is 0 Å². The lowest BCUT2D eigenvalue weighted by Gasteiger charge is -2.48. The zero-order valence-corrected chi connectivity index (χ0v) is 13.8. The Labute approximate surface area is 107 Å². The van der Waals surface area contributed by atoms with Crippen LogP contribution in [0.3, 0.4) is 0 Å². The smallest absolute Gasteiger partial charge is 0.309 e. The Morgan fingerprint density at radius 1 is 0.611 bits per heavy atom. The van der Waals surface area contributed by atoms with Crippen LogP contribution in [-0.4, -0.2) is 55.8 Å². The maximum Gasteiger partial charge on any atom is 0.362 e. The van der Waals surface area contributed by atoms with Gasteiger partial charge in [0.2, 0.25) is 0 Å². The molecular formula is C6H18N3O6P3. The summed E-state index contributed by atoms with van der Waals surface area (Å²) in [6.07, 6.45) is 0. The Bertz CT molecular complexity index is 379. The first kappa shape index (κ1) is 16.5. The highest BCUT2D eigenvalue weighted by atomic mass is 31.3. The number of nitrogens with zero attached hydrogens (tertiary/aromatic N) is 3. The highest BCUT2D eigenvalue weighted by molar-refractivity contribution is 7.84. The fraction of sp³-hybridized carbons (Fsp3) is 1.00. The van der Waals surface area contributed by atoms with Gasteiger partial charge in [0, 0.05) is 42.5 Å². The van der Waals surface area contributed by atoms with Crippen molar-refractivity contribution in [1.82, 2.24) is 13.3 Å². The van der Waals surface area contributed by atoms with E-state index in [-0.39, 0.29) is 0 Å². The summed E-state index contributed by atoms with van der Waals surface area (Å²) in [6.45, 7) is 0. The zero-order valence-electron chi connectivity index (χ0n) is 11.1. The van der Waals surface area contributed by atoms with Gasteiger partial charge in [-0.15, -0.1) is 13.3 Å². The second kappa shape index (κ2) is 5.09. The Hall–Kier alpha value is 0.450. The van der Waals surface area contributed by atoms with E-state index in [0.717, 1.165) is 13.3 Å². The van der Waals surface area contributed by atoms with Gasteiger partial charge in [-0.05, 0) is 0 Å². The molecule has 0 radical (unpaired) electrons. The molecule has 1 rings (SSSR count). The molecule has 18 heavy (non-hydrogen) atoms. The lowest BCUT2D eigenvalue weighted by atomic mass is 11.6. The van der Waals surface area contributed by atoms with Gasteiger partial charge in [-0.1, -0.05) is 0 Å². The van der Waals surface area contributed by atoms with Crippen LogP contribution < -0.4 is 0 Å². The van der Waals surface area contributed by atoms with Gasteiger partial charge in [-0.3, -0.25) is 13.7 Å². The first-order valence-electron chi connectivity index (χ1n) is 4.86. The van der Waals surface area contributed by atoms with Crippen molar-refractivity contribution in [3.05, 3.63) is 0 Å². The molecule has 1 fully saturated rings. The van der Waals surface area contributed by atoms with Gasteiger partial charge >= 0.3 is 23.0 Å². The van der Waals surface area contributed by atoms with Crippen LogP contribution in [-0.2, 0) is 27.3 Å². The second-order valence-electron chi connectivity index (χ2n) is 3.49. The predicted octanol–water partition coefficient (Wildman–Crippen LogP) is 2.06. The van der Waals surface area contributed by atoms with Gasteiger partial charge in [-0.2, -0.15) is 0 Å². The molecule has 1 aliphatic heterocycles. The first-order chi connectivity index (χ1) is 8.15. The number of hydrogen-bond donors (Lipinski definition) is 0. The lowest BCUT2D eigenvalue weighted by molar-refractivity contribution is 0.242. The van der Waals surface area contributed by atoms with Crippen LogP contribution in [0.2, 0.25) is 0 Å². The van der Waals surface area contributed by atoms with Crippen molar-refractivity contribution in [3.8, 4) is 0 Å². The molecule has 0 atom stereocenters. The molecule has 9 nitrogen and oxygen atoms in total. The van der Waals surface area contributed by atoms with Crippen LogP contribution in [0.25, 0.3) is 0 Å². The Balaban J connectivity index is 3.54. The van der Waals surface area contributed by atoms with Crippen molar-refractivity contribution < 1.29 is 27.3 Å². The summed E-state index contributed by atoms with van der Waals surface area (Å²) in [5.74, 6) is 0. The average molecular weight is 321 g/mol. The van der Waals surface area contributed by atoms with Gasteiger partial charge < -0.3 is 13.6 Å². The number of hydrogen-bond acceptors (Lipinski definition) is 6. The molecule has 1 saturated heterocycles. The van der Waals surface area contributed by atoms with Crippen molar-refractivity contribution in [2.75, 3.05) is 42.5 Å². The van der Waals surface area contributed by atoms with Crippen LogP contribution in [0.15, 0.2) is 0 Å². The minimum absolute atomic E-state index is 0.967. The molecule has 0 bridgehead atoms. The van der Waals surface area contributed by atoms with Crippen LogP contribution >= 0.6 is 23.0 Å². The first-order valence-corrected chi connectivity index (χ1v) is 9.45.